The highest BCUT2D eigenvalue weighted by molar-refractivity contribution is 5.89. The molecule has 0 aromatic carbocycles. The van der Waals surface area contributed by atoms with Gasteiger partial charge in [0, 0.05) is 32.4 Å². The van der Waals surface area contributed by atoms with Gasteiger partial charge in [-0.1, -0.05) is 0 Å². The molecule has 5 heteroatoms. The van der Waals surface area contributed by atoms with Gasteiger partial charge in [-0.05, 0) is 17.5 Å². The summed E-state index contributed by atoms with van der Waals surface area (Å²) in [5.74, 6) is -0.952. The van der Waals surface area contributed by atoms with Crippen LogP contribution in [0.25, 0.3) is 0 Å². The van der Waals surface area contributed by atoms with Crippen LogP contribution >= 0.6 is 0 Å². The van der Waals surface area contributed by atoms with Gasteiger partial charge < -0.3 is 10.0 Å². The summed E-state index contributed by atoms with van der Waals surface area (Å²) < 4.78 is 0. The fourth-order valence-electron chi connectivity index (χ4n) is 1.95. The van der Waals surface area contributed by atoms with E-state index in [1.54, 1.807) is 11.1 Å². The molecule has 1 amide bonds. The standard InChI is InChI=1S/C11H12N2O3/c1-7(14)13-3-2-9-8(6-13)4-12-5-10(9)11(15)16/h4-5H,2-3,6H2,1H3,(H,15,16). The Labute approximate surface area is 92.7 Å². The van der Waals surface area contributed by atoms with Crippen molar-refractivity contribution in [3.63, 3.8) is 0 Å². The minimum Gasteiger partial charge on any atom is -0.478 e. The molecule has 5 nitrogen and oxygen atoms in total. The summed E-state index contributed by atoms with van der Waals surface area (Å²) in [7, 11) is 0. The van der Waals surface area contributed by atoms with Gasteiger partial charge in [0.05, 0.1) is 5.56 Å². The maximum atomic E-state index is 11.2. The van der Waals surface area contributed by atoms with E-state index < -0.39 is 5.97 Å². The van der Waals surface area contributed by atoms with Crippen LogP contribution in [0.3, 0.4) is 0 Å². The highest BCUT2D eigenvalue weighted by Gasteiger charge is 2.22. The Balaban J connectivity index is 2.38. The van der Waals surface area contributed by atoms with Gasteiger partial charge in [0.15, 0.2) is 0 Å². The summed E-state index contributed by atoms with van der Waals surface area (Å²) in [6.07, 6.45) is 3.58. The summed E-state index contributed by atoms with van der Waals surface area (Å²) in [4.78, 5) is 27.8. The number of amides is 1. The average molecular weight is 220 g/mol. The van der Waals surface area contributed by atoms with Crippen LogP contribution in [-0.2, 0) is 17.8 Å². The van der Waals surface area contributed by atoms with Gasteiger partial charge in [0.1, 0.15) is 0 Å². The maximum Gasteiger partial charge on any atom is 0.337 e. The Morgan fingerprint density at radius 2 is 2.19 bits per heavy atom. The Kier molecular flexibility index (Phi) is 2.60. The average Bonchev–Trinajstić information content (AvgIpc) is 2.27. The van der Waals surface area contributed by atoms with E-state index in [9.17, 15) is 9.59 Å². The monoisotopic (exact) mass is 220 g/mol. The van der Waals surface area contributed by atoms with E-state index in [0.717, 1.165) is 11.1 Å². The molecular formula is C11H12N2O3. The fraction of sp³-hybridized carbons (Fsp3) is 0.364. The largest absolute Gasteiger partial charge is 0.478 e. The molecule has 1 aliphatic heterocycles. The predicted octanol–water partition coefficient (Wildman–Crippen LogP) is 0.684. The van der Waals surface area contributed by atoms with E-state index in [4.69, 9.17) is 5.11 Å². The van der Waals surface area contributed by atoms with E-state index >= 15 is 0 Å². The molecule has 0 saturated carbocycles. The van der Waals surface area contributed by atoms with E-state index in [1.807, 2.05) is 0 Å². The fourth-order valence-corrected chi connectivity index (χ4v) is 1.95. The Hall–Kier alpha value is -1.91. The van der Waals surface area contributed by atoms with Crippen molar-refractivity contribution < 1.29 is 14.7 Å². The van der Waals surface area contributed by atoms with Gasteiger partial charge in [-0.3, -0.25) is 9.78 Å². The number of carboxylic acids is 1. The van der Waals surface area contributed by atoms with Crippen LogP contribution in [-0.4, -0.2) is 33.4 Å². The van der Waals surface area contributed by atoms with Crippen LogP contribution in [0.1, 0.15) is 28.4 Å². The first-order valence-electron chi connectivity index (χ1n) is 5.04. The summed E-state index contributed by atoms with van der Waals surface area (Å²) >= 11 is 0. The molecule has 2 heterocycles. The zero-order valence-electron chi connectivity index (χ0n) is 8.93. The van der Waals surface area contributed by atoms with Crippen molar-refractivity contribution in [2.24, 2.45) is 0 Å². The Morgan fingerprint density at radius 1 is 1.44 bits per heavy atom. The second-order valence-corrected chi connectivity index (χ2v) is 3.82. The molecule has 84 valence electrons. The zero-order chi connectivity index (χ0) is 11.7. The van der Waals surface area contributed by atoms with E-state index in [2.05, 4.69) is 4.98 Å². The normalized spacial score (nSPS) is 14.4. The van der Waals surface area contributed by atoms with Crippen LogP contribution in [0, 0.1) is 0 Å². The summed E-state index contributed by atoms with van der Waals surface area (Å²) in [5, 5.41) is 9.00. The van der Waals surface area contributed by atoms with Crippen molar-refractivity contribution in [2.45, 2.75) is 19.9 Å². The number of carbonyl (C=O) groups is 2. The molecular weight excluding hydrogens is 208 g/mol. The van der Waals surface area contributed by atoms with Gasteiger partial charge >= 0.3 is 5.97 Å². The number of hydrogen-bond donors (Lipinski definition) is 1. The zero-order valence-corrected chi connectivity index (χ0v) is 8.93. The third kappa shape index (κ3) is 1.76. The van der Waals surface area contributed by atoms with Crippen LogP contribution in [0.2, 0.25) is 0 Å². The lowest BCUT2D eigenvalue weighted by atomic mass is 9.97. The number of nitrogens with zero attached hydrogens (tertiary/aromatic N) is 2. The molecule has 0 fully saturated rings. The number of carbonyl (C=O) groups excluding carboxylic acids is 1. The van der Waals surface area contributed by atoms with Gasteiger partial charge in [0.2, 0.25) is 5.91 Å². The summed E-state index contributed by atoms with van der Waals surface area (Å²) in [5.41, 5.74) is 1.89. The summed E-state index contributed by atoms with van der Waals surface area (Å²) in [6.45, 7) is 2.55. The van der Waals surface area contributed by atoms with Crippen LogP contribution in [0.5, 0.6) is 0 Å². The van der Waals surface area contributed by atoms with Crippen LogP contribution in [0.4, 0.5) is 0 Å². The number of fused-ring (bicyclic) bond motifs is 1. The number of rotatable bonds is 1. The third-order valence-electron chi connectivity index (χ3n) is 2.82. The van der Waals surface area contributed by atoms with Crippen molar-refractivity contribution in [1.82, 2.24) is 9.88 Å². The van der Waals surface area contributed by atoms with Crippen molar-refractivity contribution >= 4 is 11.9 Å². The quantitative estimate of drug-likeness (QED) is 0.755. The second kappa shape index (κ2) is 3.92. The number of aromatic nitrogens is 1. The van der Waals surface area contributed by atoms with Crippen LogP contribution < -0.4 is 0 Å². The van der Waals surface area contributed by atoms with Gasteiger partial charge in [-0.25, -0.2) is 4.79 Å². The van der Waals surface area contributed by atoms with E-state index in [0.29, 0.717) is 19.5 Å². The molecule has 2 rings (SSSR count). The highest BCUT2D eigenvalue weighted by atomic mass is 16.4. The minimum atomic E-state index is -0.958. The molecule has 1 aromatic heterocycles. The van der Waals surface area contributed by atoms with Crippen molar-refractivity contribution in [3.05, 3.63) is 29.1 Å². The Bertz CT molecular complexity index is 457. The molecule has 0 bridgehead atoms. The van der Waals surface area contributed by atoms with Crippen molar-refractivity contribution in [1.29, 1.82) is 0 Å². The molecule has 0 aliphatic carbocycles. The lowest BCUT2D eigenvalue weighted by Crippen LogP contribution is -2.35. The lowest BCUT2D eigenvalue weighted by Gasteiger charge is -2.28. The van der Waals surface area contributed by atoms with E-state index in [1.165, 1.54) is 13.1 Å². The molecule has 0 unspecified atom stereocenters. The summed E-state index contributed by atoms with van der Waals surface area (Å²) in [6, 6.07) is 0. The molecule has 0 radical (unpaired) electrons. The number of pyridine rings is 1. The smallest absolute Gasteiger partial charge is 0.337 e. The molecule has 1 aliphatic rings. The maximum absolute atomic E-state index is 11.2. The third-order valence-corrected chi connectivity index (χ3v) is 2.82. The predicted molar refractivity (Wildman–Crippen MR) is 56.0 cm³/mol. The highest BCUT2D eigenvalue weighted by Crippen LogP contribution is 2.21. The minimum absolute atomic E-state index is 0.00591. The van der Waals surface area contributed by atoms with Gasteiger partial charge in [-0.2, -0.15) is 0 Å². The van der Waals surface area contributed by atoms with Crippen LogP contribution in [0.15, 0.2) is 12.4 Å². The Morgan fingerprint density at radius 3 is 2.81 bits per heavy atom. The van der Waals surface area contributed by atoms with Crippen molar-refractivity contribution in [2.75, 3.05) is 6.54 Å². The molecule has 1 aromatic rings. The second-order valence-electron chi connectivity index (χ2n) is 3.82. The molecule has 0 atom stereocenters. The molecule has 1 N–H and O–H groups in total. The first-order chi connectivity index (χ1) is 7.59. The van der Waals surface area contributed by atoms with Gasteiger partial charge in [0.25, 0.3) is 0 Å². The number of carboxylic acid groups (broad SMARTS) is 1. The van der Waals surface area contributed by atoms with E-state index in [-0.39, 0.29) is 11.5 Å². The first-order valence-corrected chi connectivity index (χ1v) is 5.04. The molecule has 0 saturated heterocycles. The number of aromatic carboxylic acids is 1. The van der Waals surface area contributed by atoms with Gasteiger partial charge in [-0.15, -0.1) is 0 Å². The molecule has 0 spiro atoms. The van der Waals surface area contributed by atoms with Crippen molar-refractivity contribution in [3.8, 4) is 0 Å². The molecule has 16 heavy (non-hydrogen) atoms. The SMILES string of the molecule is CC(=O)N1CCc2c(cncc2C(=O)O)C1. The topological polar surface area (TPSA) is 70.5 Å². The number of hydrogen-bond acceptors (Lipinski definition) is 3. The first kappa shape index (κ1) is 10.6. The lowest BCUT2D eigenvalue weighted by molar-refractivity contribution is -0.129.